The molecule has 30 heavy (non-hydrogen) atoms. The van der Waals surface area contributed by atoms with E-state index in [0.717, 1.165) is 25.3 Å². The predicted molar refractivity (Wildman–Crippen MR) is 106 cm³/mol. The average molecular weight is 424 g/mol. The fourth-order valence-corrected chi connectivity index (χ4v) is 4.61. The van der Waals surface area contributed by atoms with Crippen molar-refractivity contribution < 1.29 is 28.2 Å². The van der Waals surface area contributed by atoms with Gasteiger partial charge in [0.1, 0.15) is 11.6 Å². The third-order valence-corrected chi connectivity index (χ3v) is 6.28. The minimum Gasteiger partial charge on any atom is -0.389 e. The number of hydrogen-bond donors (Lipinski definition) is 2. The van der Waals surface area contributed by atoms with Gasteiger partial charge in [0, 0.05) is 31.2 Å². The van der Waals surface area contributed by atoms with Crippen LogP contribution in [0.3, 0.4) is 0 Å². The maximum atomic E-state index is 13.6. The predicted octanol–water partition coefficient (Wildman–Crippen LogP) is 2.13. The molecule has 1 aliphatic carbocycles. The van der Waals surface area contributed by atoms with Crippen LogP contribution in [0.25, 0.3) is 0 Å². The van der Waals surface area contributed by atoms with E-state index >= 15 is 0 Å². The molecule has 3 fully saturated rings. The number of β-amino-alcohol motifs (C(OH)–C–C–N with tert-alkyl or cyclic N) is 1. The summed E-state index contributed by atoms with van der Waals surface area (Å²) in [6, 6.07) is 3.74. The third kappa shape index (κ3) is 5.55. The highest BCUT2D eigenvalue weighted by Crippen LogP contribution is 2.29. The number of halogens is 2. The van der Waals surface area contributed by atoms with Crippen molar-refractivity contribution in [3.63, 3.8) is 0 Å². The quantitative estimate of drug-likeness (QED) is 0.758. The van der Waals surface area contributed by atoms with Crippen molar-refractivity contribution in [3.8, 4) is 0 Å². The molecule has 0 bridgehead atoms. The number of hydrogen-bond acceptors (Lipinski definition) is 5. The topological polar surface area (TPSA) is 71.0 Å². The number of fused-ring (bicyclic) bond motifs is 1. The molecule has 2 N–H and O–H groups in total. The molecule has 2 heterocycles. The fourth-order valence-electron chi connectivity index (χ4n) is 4.61. The van der Waals surface area contributed by atoms with Gasteiger partial charge in [-0.3, -0.25) is 9.69 Å². The first-order valence-electron chi connectivity index (χ1n) is 10.9. The van der Waals surface area contributed by atoms with Crippen LogP contribution in [0.1, 0.15) is 44.1 Å². The van der Waals surface area contributed by atoms with E-state index in [1.165, 1.54) is 18.6 Å². The number of carbonyl (C=O) groups is 1. The monoisotopic (exact) mass is 424 g/mol. The molecule has 0 unspecified atom stereocenters. The molecule has 4 rings (SSSR count). The summed E-state index contributed by atoms with van der Waals surface area (Å²) in [5.74, 6) is -1.21. The highest BCUT2D eigenvalue weighted by Gasteiger charge is 2.38. The third-order valence-electron chi connectivity index (χ3n) is 6.28. The first kappa shape index (κ1) is 21.6. The molecule has 1 amide bonds. The van der Waals surface area contributed by atoms with Crippen molar-refractivity contribution in [1.29, 1.82) is 0 Å². The van der Waals surface area contributed by atoms with Crippen molar-refractivity contribution >= 4 is 5.91 Å². The Labute approximate surface area is 175 Å². The van der Waals surface area contributed by atoms with Gasteiger partial charge in [0.2, 0.25) is 5.91 Å². The number of amides is 1. The summed E-state index contributed by atoms with van der Waals surface area (Å²) in [5.41, 5.74) is 0.516. The largest absolute Gasteiger partial charge is 0.389 e. The van der Waals surface area contributed by atoms with Crippen LogP contribution in [0, 0.1) is 11.6 Å². The minimum atomic E-state index is -0.685. The van der Waals surface area contributed by atoms with Gasteiger partial charge in [0.15, 0.2) is 0 Å². The molecule has 1 saturated carbocycles. The second-order valence-corrected chi connectivity index (χ2v) is 8.74. The smallest absolute Gasteiger partial charge is 0.222 e. The normalized spacial score (nSPS) is 30.6. The summed E-state index contributed by atoms with van der Waals surface area (Å²) in [6.07, 6.45) is 3.96. The lowest BCUT2D eigenvalue weighted by atomic mass is 9.92. The Hall–Kier alpha value is -1.61. The Bertz CT molecular complexity index is 726. The van der Waals surface area contributed by atoms with Gasteiger partial charge in [0.05, 0.1) is 37.9 Å². The Balaban J connectivity index is 1.40. The van der Waals surface area contributed by atoms with Gasteiger partial charge in [0.25, 0.3) is 0 Å². The SMILES string of the molecule is O=C(C[C@@H]1CC[C@@H]2[C@H](COC[C@@H](O)CN2Cc2cc(F)cc(F)c2)O1)NC1CCC1. The van der Waals surface area contributed by atoms with E-state index in [9.17, 15) is 18.7 Å². The van der Waals surface area contributed by atoms with E-state index in [2.05, 4.69) is 5.32 Å². The molecule has 0 radical (unpaired) electrons. The van der Waals surface area contributed by atoms with Crippen molar-refractivity contribution in [2.75, 3.05) is 19.8 Å². The zero-order valence-electron chi connectivity index (χ0n) is 17.1. The second kappa shape index (κ2) is 9.68. The molecule has 4 atom stereocenters. The lowest BCUT2D eigenvalue weighted by molar-refractivity contribution is -0.158. The maximum Gasteiger partial charge on any atom is 0.222 e. The average Bonchev–Trinajstić information content (AvgIpc) is 2.62. The van der Waals surface area contributed by atoms with Crippen LogP contribution < -0.4 is 5.32 Å². The first-order chi connectivity index (χ1) is 14.5. The summed E-state index contributed by atoms with van der Waals surface area (Å²) < 4.78 is 39.1. The van der Waals surface area contributed by atoms with Gasteiger partial charge in [-0.1, -0.05) is 0 Å². The van der Waals surface area contributed by atoms with E-state index < -0.39 is 17.7 Å². The Morgan fingerprint density at radius 2 is 1.90 bits per heavy atom. The van der Waals surface area contributed by atoms with Crippen LogP contribution in [-0.2, 0) is 20.8 Å². The number of nitrogens with zero attached hydrogens (tertiary/aromatic N) is 1. The Kier molecular flexibility index (Phi) is 6.98. The van der Waals surface area contributed by atoms with Crippen LogP contribution in [0.4, 0.5) is 8.78 Å². The minimum absolute atomic E-state index is 0.0254. The highest BCUT2D eigenvalue weighted by atomic mass is 19.1. The standard InChI is InChI=1S/C22H30F2N2O4/c23-15-6-14(7-16(24)8-15)10-26-11-18(27)12-29-13-21-20(26)5-4-19(30-21)9-22(28)25-17-2-1-3-17/h6-8,17-21,27H,1-5,9-13H2,(H,25,28)/t18-,19-,20+,21-/m0/s1. The molecule has 2 saturated heterocycles. The van der Waals surface area contributed by atoms with E-state index in [4.69, 9.17) is 9.47 Å². The number of ether oxygens (including phenoxy) is 2. The van der Waals surface area contributed by atoms with E-state index in [-0.39, 0.29) is 30.8 Å². The summed E-state index contributed by atoms with van der Waals surface area (Å²) in [6.45, 7) is 1.13. The van der Waals surface area contributed by atoms with Crippen LogP contribution in [0.15, 0.2) is 18.2 Å². The van der Waals surface area contributed by atoms with Gasteiger partial charge >= 0.3 is 0 Å². The number of benzene rings is 1. The molecule has 6 nitrogen and oxygen atoms in total. The Morgan fingerprint density at radius 3 is 2.60 bits per heavy atom. The maximum absolute atomic E-state index is 13.6. The molecule has 3 aliphatic rings. The van der Waals surface area contributed by atoms with Crippen LogP contribution in [0.2, 0.25) is 0 Å². The van der Waals surface area contributed by atoms with Gasteiger partial charge in [-0.25, -0.2) is 8.78 Å². The number of rotatable bonds is 5. The van der Waals surface area contributed by atoms with Gasteiger partial charge in [-0.15, -0.1) is 0 Å². The first-order valence-corrected chi connectivity index (χ1v) is 10.9. The van der Waals surface area contributed by atoms with E-state index in [0.29, 0.717) is 44.1 Å². The van der Waals surface area contributed by atoms with Crippen molar-refractivity contribution in [2.45, 2.75) is 75.5 Å². The molecule has 166 valence electrons. The molecule has 0 spiro atoms. The van der Waals surface area contributed by atoms with E-state index in [1.54, 1.807) is 0 Å². The summed E-state index contributed by atoms with van der Waals surface area (Å²) >= 11 is 0. The highest BCUT2D eigenvalue weighted by molar-refractivity contribution is 5.76. The molecule has 8 heteroatoms. The van der Waals surface area contributed by atoms with Gasteiger partial charge < -0.3 is 19.9 Å². The van der Waals surface area contributed by atoms with Crippen LogP contribution in [0.5, 0.6) is 0 Å². The lowest BCUT2D eigenvalue weighted by Crippen LogP contribution is -2.55. The summed E-state index contributed by atoms with van der Waals surface area (Å²) in [5, 5.41) is 13.3. The van der Waals surface area contributed by atoms with Crippen molar-refractivity contribution in [1.82, 2.24) is 10.2 Å². The number of nitrogens with one attached hydrogen (secondary N) is 1. The number of aliphatic hydroxyl groups is 1. The molecule has 2 aliphatic heterocycles. The molecular formula is C22H30F2N2O4. The van der Waals surface area contributed by atoms with Crippen LogP contribution in [-0.4, -0.2) is 66.1 Å². The number of carbonyl (C=O) groups excluding carboxylic acids is 1. The molecule has 0 aromatic heterocycles. The summed E-state index contributed by atoms with van der Waals surface area (Å²) in [7, 11) is 0. The summed E-state index contributed by atoms with van der Waals surface area (Å²) in [4.78, 5) is 14.3. The van der Waals surface area contributed by atoms with Crippen molar-refractivity contribution in [3.05, 3.63) is 35.4 Å². The molecule has 1 aromatic rings. The Morgan fingerprint density at radius 1 is 1.13 bits per heavy atom. The fraction of sp³-hybridized carbons (Fsp3) is 0.682. The zero-order valence-corrected chi connectivity index (χ0v) is 17.1. The van der Waals surface area contributed by atoms with Crippen molar-refractivity contribution in [2.24, 2.45) is 0 Å². The van der Waals surface area contributed by atoms with Gasteiger partial charge in [-0.05, 0) is 49.8 Å². The second-order valence-electron chi connectivity index (χ2n) is 8.74. The molecule has 1 aromatic carbocycles. The van der Waals surface area contributed by atoms with E-state index in [1.807, 2.05) is 4.90 Å². The zero-order chi connectivity index (χ0) is 21.1. The van der Waals surface area contributed by atoms with Gasteiger partial charge in [-0.2, -0.15) is 0 Å². The number of aliphatic hydroxyl groups excluding tert-OH is 1. The lowest BCUT2D eigenvalue weighted by Gasteiger charge is -2.44. The molecular weight excluding hydrogens is 394 g/mol. The van der Waals surface area contributed by atoms with Crippen LogP contribution >= 0.6 is 0 Å².